The molecular weight excluding hydrogens is 310 g/mol. The van der Waals surface area contributed by atoms with E-state index >= 15 is 0 Å². The number of aryl methyl sites for hydroxylation is 1. The average molecular weight is 332 g/mol. The Morgan fingerprint density at radius 3 is 2.30 bits per heavy atom. The Morgan fingerprint density at radius 2 is 1.70 bits per heavy atom. The van der Waals surface area contributed by atoms with Crippen LogP contribution < -0.4 is 15.5 Å². The van der Waals surface area contributed by atoms with Crippen LogP contribution >= 0.6 is 11.6 Å². The first kappa shape index (κ1) is 17.2. The fraction of sp³-hybridized carbons (Fsp3) is 0.278. The van der Waals surface area contributed by atoms with Crippen molar-refractivity contribution in [2.45, 2.75) is 12.8 Å². The van der Waals surface area contributed by atoms with Gasteiger partial charge in [-0.05, 0) is 54.8 Å². The molecule has 0 unspecified atom stereocenters. The third kappa shape index (κ3) is 5.83. The van der Waals surface area contributed by atoms with E-state index in [0.29, 0.717) is 11.6 Å². The SMILES string of the molecule is CN(C)c1ccc(CCCNC(=O)Nc2ccc(Cl)cc2)cc1. The van der Waals surface area contributed by atoms with Crippen molar-refractivity contribution in [2.75, 3.05) is 30.9 Å². The molecule has 0 aliphatic heterocycles. The highest BCUT2D eigenvalue weighted by molar-refractivity contribution is 6.30. The summed E-state index contributed by atoms with van der Waals surface area (Å²) in [6.45, 7) is 0.634. The number of anilines is 2. The average Bonchev–Trinajstić information content (AvgIpc) is 2.54. The molecule has 0 heterocycles. The van der Waals surface area contributed by atoms with E-state index < -0.39 is 0 Å². The highest BCUT2D eigenvalue weighted by Crippen LogP contribution is 2.14. The molecule has 0 saturated heterocycles. The van der Waals surface area contributed by atoms with E-state index in [1.807, 2.05) is 14.1 Å². The Balaban J connectivity index is 1.68. The second-order valence-electron chi connectivity index (χ2n) is 5.55. The highest BCUT2D eigenvalue weighted by atomic mass is 35.5. The normalized spacial score (nSPS) is 10.2. The Labute approximate surface area is 142 Å². The van der Waals surface area contributed by atoms with E-state index in [9.17, 15) is 4.79 Å². The van der Waals surface area contributed by atoms with Gasteiger partial charge in [0, 0.05) is 37.0 Å². The van der Waals surface area contributed by atoms with Crippen LogP contribution in [-0.2, 0) is 6.42 Å². The van der Waals surface area contributed by atoms with E-state index in [1.54, 1.807) is 24.3 Å². The lowest BCUT2D eigenvalue weighted by atomic mass is 10.1. The maximum absolute atomic E-state index is 11.8. The molecular formula is C18H22ClN3O. The Morgan fingerprint density at radius 1 is 1.04 bits per heavy atom. The van der Waals surface area contributed by atoms with Crippen molar-refractivity contribution in [1.82, 2.24) is 5.32 Å². The molecule has 0 fully saturated rings. The van der Waals surface area contributed by atoms with Crippen molar-refractivity contribution in [1.29, 1.82) is 0 Å². The molecule has 0 spiro atoms. The van der Waals surface area contributed by atoms with Crippen LogP contribution in [0.15, 0.2) is 48.5 Å². The fourth-order valence-electron chi connectivity index (χ4n) is 2.16. The zero-order valence-corrected chi connectivity index (χ0v) is 14.2. The summed E-state index contributed by atoms with van der Waals surface area (Å²) in [4.78, 5) is 13.8. The molecule has 4 nitrogen and oxygen atoms in total. The zero-order chi connectivity index (χ0) is 16.7. The zero-order valence-electron chi connectivity index (χ0n) is 13.5. The molecule has 23 heavy (non-hydrogen) atoms. The summed E-state index contributed by atoms with van der Waals surface area (Å²) < 4.78 is 0. The van der Waals surface area contributed by atoms with Crippen LogP contribution in [0, 0.1) is 0 Å². The van der Waals surface area contributed by atoms with E-state index in [2.05, 4.69) is 39.8 Å². The van der Waals surface area contributed by atoms with Crippen LogP contribution in [0.1, 0.15) is 12.0 Å². The fourth-order valence-corrected chi connectivity index (χ4v) is 2.29. The molecule has 5 heteroatoms. The maximum atomic E-state index is 11.8. The minimum Gasteiger partial charge on any atom is -0.378 e. The quantitative estimate of drug-likeness (QED) is 0.781. The summed E-state index contributed by atoms with van der Waals surface area (Å²) in [7, 11) is 4.05. The number of hydrogen-bond acceptors (Lipinski definition) is 2. The van der Waals surface area contributed by atoms with Crippen LogP contribution in [0.2, 0.25) is 5.02 Å². The second-order valence-corrected chi connectivity index (χ2v) is 5.99. The first-order valence-electron chi connectivity index (χ1n) is 7.61. The molecule has 0 aliphatic carbocycles. The summed E-state index contributed by atoms with van der Waals surface area (Å²) in [5, 5.41) is 6.28. The van der Waals surface area contributed by atoms with E-state index in [-0.39, 0.29) is 6.03 Å². The van der Waals surface area contributed by atoms with E-state index in [1.165, 1.54) is 11.3 Å². The first-order valence-corrected chi connectivity index (χ1v) is 7.99. The molecule has 0 atom stereocenters. The lowest BCUT2D eigenvalue weighted by Crippen LogP contribution is -2.29. The standard InChI is InChI=1S/C18H22ClN3O/c1-22(2)17-11-5-14(6-12-17)4-3-13-20-18(23)21-16-9-7-15(19)8-10-16/h5-12H,3-4,13H2,1-2H3,(H2,20,21,23). The second kappa shape index (κ2) is 8.44. The summed E-state index contributed by atoms with van der Waals surface area (Å²) in [5.74, 6) is 0. The van der Waals surface area contributed by atoms with E-state index in [4.69, 9.17) is 11.6 Å². The minimum absolute atomic E-state index is 0.199. The predicted octanol–water partition coefficient (Wildman–Crippen LogP) is 4.16. The molecule has 0 radical (unpaired) electrons. The van der Waals surface area contributed by atoms with Crippen LogP contribution in [0.4, 0.5) is 16.2 Å². The molecule has 2 N–H and O–H groups in total. The number of hydrogen-bond donors (Lipinski definition) is 2. The number of nitrogens with one attached hydrogen (secondary N) is 2. The van der Waals surface area contributed by atoms with Gasteiger partial charge in [-0.15, -0.1) is 0 Å². The molecule has 0 aromatic heterocycles. The summed E-state index contributed by atoms with van der Waals surface area (Å²) in [6, 6.07) is 15.3. The molecule has 2 rings (SSSR count). The van der Waals surface area contributed by atoms with Crippen LogP contribution in [0.3, 0.4) is 0 Å². The highest BCUT2D eigenvalue weighted by Gasteiger charge is 2.01. The predicted molar refractivity (Wildman–Crippen MR) is 97.6 cm³/mol. The van der Waals surface area contributed by atoms with Gasteiger partial charge in [0.15, 0.2) is 0 Å². The van der Waals surface area contributed by atoms with Crippen molar-refractivity contribution in [3.8, 4) is 0 Å². The monoisotopic (exact) mass is 331 g/mol. The van der Waals surface area contributed by atoms with Gasteiger partial charge in [-0.25, -0.2) is 4.79 Å². The van der Waals surface area contributed by atoms with Gasteiger partial charge in [0.05, 0.1) is 0 Å². The van der Waals surface area contributed by atoms with Gasteiger partial charge >= 0.3 is 6.03 Å². The lowest BCUT2D eigenvalue weighted by molar-refractivity contribution is 0.252. The third-order valence-corrected chi connectivity index (χ3v) is 3.73. The number of nitrogens with zero attached hydrogens (tertiary/aromatic N) is 1. The largest absolute Gasteiger partial charge is 0.378 e. The number of carbonyl (C=O) groups is 1. The number of carbonyl (C=O) groups excluding carboxylic acids is 1. The van der Waals surface area contributed by atoms with E-state index in [0.717, 1.165) is 18.5 Å². The smallest absolute Gasteiger partial charge is 0.319 e. The molecule has 0 saturated carbocycles. The first-order chi connectivity index (χ1) is 11.0. The minimum atomic E-state index is -0.199. The van der Waals surface area contributed by atoms with Gasteiger partial charge in [0.1, 0.15) is 0 Å². The topological polar surface area (TPSA) is 44.4 Å². The summed E-state index contributed by atoms with van der Waals surface area (Å²) >= 11 is 5.80. The Bertz CT molecular complexity index is 624. The van der Waals surface area contributed by atoms with Crippen LogP contribution in [0.5, 0.6) is 0 Å². The molecule has 0 aliphatic rings. The molecule has 2 aromatic carbocycles. The van der Waals surface area contributed by atoms with Crippen molar-refractivity contribution in [2.24, 2.45) is 0 Å². The van der Waals surface area contributed by atoms with Gasteiger partial charge < -0.3 is 15.5 Å². The van der Waals surface area contributed by atoms with Gasteiger partial charge in [0.2, 0.25) is 0 Å². The van der Waals surface area contributed by atoms with Crippen molar-refractivity contribution in [3.63, 3.8) is 0 Å². The number of amides is 2. The Hall–Kier alpha value is -2.20. The Kier molecular flexibility index (Phi) is 6.29. The number of urea groups is 1. The summed E-state index contributed by atoms with van der Waals surface area (Å²) in [6.07, 6.45) is 1.84. The van der Waals surface area contributed by atoms with Crippen molar-refractivity contribution in [3.05, 3.63) is 59.1 Å². The molecule has 2 aromatic rings. The van der Waals surface area contributed by atoms with Crippen molar-refractivity contribution >= 4 is 29.0 Å². The van der Waals surface area contributed by atoms with Gasteiger partial charge in [-0.3, -0.25) is 0 Å². The number of halogens is 1. The molecule has 0 bridgehead atoms. The van der Waals surface area contributed by atoms with Gasteiger partial charge in [0.25, 0.3) is 0 Å². The molecule has 2 amide bonds. The number of rotatable bonds is 6. The third-order valence-electron chi connectivity index (χ3n) is 3.48. The summed E-state index contributed by atoms with van der Waals surface area (Å²) in [5.41, 5.74) is 3.19. The molecule has 122 valence electrons. The number of benzene rings is 2. The van der Waals surface area contributed by atoms with Gasteiger partial charge in [-0.2, -0.15) is 0 Å². The van der Waals surface area contributed by atoms with Gasteiger partial charge in [-0.1, -0.05) is 23.7 Å². The van der Waals surface area contributed by atoms with Crippen LogP contribution in [0.25, 0.3) is 0 Å². The maximum Gasteiger partial charge on any atom is 0.319 e. The lowest BCUT2D eigenvalue weighted by Gasteiger charge is -2.12. The van der Waals surface area contributed by atoms with Crippen molar-refractivity contribution < 1.29 is 4.79 Å². The van der Waals surface area contributed by atoms with Crippen LogP contribution in [-0.4, -0.2) is 26.7 Å².